The smallest absolute Gasteiger partial charge is 0.222 e. The van der Waals surface area contributed by atoms with E-state index in [1.165, 1.54) is 5.56 Å². The minimum atomic E-state index is -0.0275. The third-order valence-electron chi connectivity index (χ3n) is 5.10. The van der Waals surface area contributed by atoms with Crippen molar-refractivity contribution in [1.82, 2.24) is 4.90 Å². The molecule has 0 aromatic heterocycles. The van der Waals surface area contributed by atoms with E-state index in [1.54, 1.807) is 26.2 Å². The molecule has 2 aromatic rings. The van der Waals surface area contributed by atoms with Crippen LogP contribution in [0.4, 0.5) is 0 Å². The van der Waals surface area contributed by atoms with Crippen LogP contribution in [0, 0.1) is 5.92 Å². The summed E-state index contributed by atoms with van der Waals surface area (Å²) < 4.78 is 10.6. The summed E-state index contributed by atoms with van der Waals surface area (Å²) in [6.07, 6.45) is 2.14. The van der Waals surface area contributed by atoms with Crippen LogP contribution >= 0.6 is 0 Å². The molecule has 0 fully saturated rings. The molecule has 2 rings (SSSR count). The Kier molecular flexibility index (Phi) is 8.90. The van der Waals surface area contributed by atoms with Gasteiger partial charge in [-0.3, -0.25) is 9.59 Å². The fourth-order valence-electron chi connectivity index (χ4n) is 3.31. The molecule has 0 aliphatic rings. The topological polar surface area (TPSA) is 55.8 Å². The van der Waals surface area contributed by atoms with Crippen molar-refractivity contribution in [3.05, 3.63) is 59.2 Å². The third-order valence-corrected chi connectivity index (χ3v) is 5.10. The fraction of sp³-hybridized carbons (Fsp3) is 0.440. The quantitative estimate of drug-likeness (QED) is 0.509. The Labute approximate surface area is 180 Å². The first-order chi connectivity index (χ1) is 14.3. The molecule has 162 valence electrons. The minimum Gasteiger partial charge on any atom is -0.493 e. The molecule has 2 aromatic carbocycles. The van der Waals surface area contributed by atoms with E-state index in [1.807, 2.05) is 42.5 Å². The summed E-state index contributed by atoms with van der Waals surface area (Å²) in [5.74, 6) is 1.92. The summed E-state index contributed by atoms with van der Waals surface area (Å²) in [5.41, 5.74) is 2.96. The Balaban J connectivity index is 1.82. The van der Waals surface area contributed by atoms with Gasteiger partial charge in [0.05, 0.1) is 14.2 Å². The summed E-state index contributed by atoms with van der Waals surface area (Å²) in [5, 5.41) is 0. The van der Waals surface area contributed by atoms with Gasteiger partial charge in [0.25, 0.3) is 0 Å². The highest BCUT2D eigenvalue weighted by molar-refractivity contribution is 5.97. The van der Waals surface area contributed by atoms with E-state index < -0.39 is 0 Å². The first kappa shape index (κ1) is 23.5. The average molecular weight is 412 g/mol. The number of carbonyl (C=O) groups is 2. The van der Waals surface area contributed by atoms with Gasteiger partial charge >= 0.3 is 0 Å². The molecule has 0 aliphatic carbocycles. The molecule has 0 aliphatic heterocycles. The van der Waals surface area contributed by atoms with Gasteiger partial charge in [0.15, 0.2) is 17.3 Å². The monoisotopic (exact) mass is 411 g/mol. The molecule has 0 saturated heterocycles. The van der Waals surface area contributed by atoms with Gasteiger partial charge in [-0.25, -0.2) is 0 Å². The van der Waals surface area contributed by atoms with Gasteiger partial charge in [-0.2, -0.15) is 0 Å². The Morgan fingerprint density at radius 1 is 0.900 bits per heavy atom. The molecule has 0 saturated carbocycles. The highest BCUT2D eigenvalue weighted by atomic mass is 16.5. The van der Waals surface area contributed by atoms with Crippen LogP contribution in [-0.4, -0.2) is 44.4 Å². The zero-order valence-electron chi connectivity index (χ0n) is 18.7. The highest BCUT2D eigenvalue weighted by Gasteiger charge is 2.14. The lowest BCUT2D eigenvalue weighted by atomic mass is 9.99. The maximum absolute atomic E-state index is 12.4. The normalized spacial score (nSPS) is 10.7. The predicted octanol–water partition coefficient (Wildman–Crippen LogP) is 4.57. The second-order valence-corrected chi connectivity index (χ2v) is 7.97. The first-order valence-electron chi connectivity index (χ1n) is 10.4. The second-order valence-electron chi connectivity index (χ2n) is 7.97. The van der Waals surface area contributed by atoms with Crippen molar-refractivity contribution in [3.8, 4) is 11.5 Å². The number of rotatable bonds is 11. The number of hydrogen-bond acceptors (Lipinski definition) is 4. The van der Waals surface area contributed by atoms with E-state index in [-0.39, 0.29) is 24.5 Å². The molecule has 0 bridgehead atoms. The van der Waals surface area contributed by atoms with Gasteiger partial charge in [-0.05, 0) is 42.0 Å². The maximum Gasteiger partial charge on any atom is 0.222 e. The highest BCUT2D eigenvalue weighted by Crippen LogP contribution is 2.27. The molecule has 0 N–H and O–H groups in total. The molecule has 5 nitrogen and oxygen atoms in total. The molecule has 30 heavy (non-hydrogen) atoms. The van der Waals surface area contributed by atoms with E-state index in [0.29, 0.717) is 35.9 Å². The van der Waals surface area contributed by atoms with E-state index in [9.17, 15) is 9.59 Å². The van der Waals surface area contributed by atoms with Crippen molar-refractivity contribution >= 4 is 11.7 Å². The van der Waals surface area contributed by atoms with Crippen molar-refractivity contribution in [1.29, 1.82) is 0 Å². The number of methoxy groups -OCH3 is 2. The predicted molar refractivity (Wildman–Crippen MR) is 119 cm³/mol. The van der Waals surface area contributed by atoms with Crippen LogP contribution in [0.3, 0.4) is 0 Å². The summed E-state index contributed by atoms with van der Waals surface area (Å²) in [7, 11) is 4.98. The van der Waals surface area contributed by atoms with Gasteiger partial charge in [0.1, 0.15) is 0 Å². The zero-order chi connectivity index (χ0) is 22.1. The van der Waals surface area contributed by atoms with Crippen LogP contribution in [0.1, 0.15) is 48.2 Å². The second kappa shape index (κ2) is 11.4. The number of carbonyl (C=O) groups excluding carboxylic acids is 2. The molecule has 0 spiro atoms. The lowest BCUT2D eigenvalue weighted by molar-refractivity contribution is -0.129. The van der Waals surface area contributed by atoms with Crippen LogP contribution in [-0.2, 0) is 17.6 Å². The van der Waals surface area contributed by atoms with Crippen LogP contribution in [0.2, 0.25) is 0 Å². The average Bonchev–Trinajstić information content (AvgIpc) is 2.75. The van der Waals surface area contributed by atoms with Crippen LogP contribution in [0.15, 0.2) is 42.5 Å². The van der Waals surface area contributed by atoms with Gasteiger partial charge in [0, 0.05) is 32.0 Å². The summed E-state index contributed by atoms with van der Waals surface area (Å²) in [6, 6.07) is 13.5. The van der Waals surface area contributed by atoms with Gasteiger partial charge < -0.3 is 14.4 Å². The van der Waals surface area contributed by atoms with Crippen LogP contribution < -0.4 is 9.47 Å². The number of amides is 1. The number of benzene rings is 2. The lowest BCUT2D eigenvalue weighted by Crippen LogP contribution is -2.29. The minimum absolute atomic E-state index is 0.00716. The maximum atomic E-state index is 12.4. The fourth-order valence-corrected chi connectivity index (χ4v) is 3.31. The molecule has 1 amide bonds. The van der Waals surface area contributed by atoms with E-state index in [2.05, 4.69) is 13.8 Å². The molecule has 0 heterocycles. The molecule has 0 unspecified atom stereocenters. The Morgan fingerprint density at radius 3 is 2.13 bits per heavy atom. The number of hydrogen-bond donors (Lipinski definition) is 0. The number of Topliss-reactive ketones (excluding diaryl/α,β-unsaturated/α-hetero) is 1. The van der Waals surface area contributed by atoms with Gasteiger partial charge in [-0.1, -0.05) is 44.2 Å². The zero-order valence-corrected chi connectivity index (χ0v) is 18.7. The molecule has 5 heteroatoms. The SMILES string of the molecule is COc1ccc(CCN(C)C(=O)CCC(=O)c2ccc(CC(C)C)cc2)cc1OC. The summed E-state index contributed by atoms with van der Waals surface area (Å²) in [6.45, 7) is 4.92. The standard InChI is InChI=1S/C25H33NO4/c1-18(2)16-19-6-9-21(10-7-19)22(27)11-13-25(28)26(3)15-14-20-8-12-23(29-4)24(17-20)30-5/h6-10,12,17-18H,11,13-16H2,1-5H3. The van der Waals surface area contributed by atoms with Gasteiger partial charge in [-0.15, -0.1) is 0 Å². The summed E-state index contributed by atoms with van der Waals surface area (Å²) >= 11 is 0. The van der Waals surface area contributed by atoms with E-state index in [4.69, 9.17) is 9.47 Å². The molecular weight excluding hydrogens is 378 g/mol. The Morgan fingerprint density at radius 2 is 1.53 bits per heavy atom. The number of ether oxygens (including phenoxy) is 2. The largest absolute Gasteiger partial charge is 0.493 e. The molecular formula is C25H33NO4. The first-order valence-corrected chi connectivity index (χ1v) is 10.4. The number of likely N-dealkylation sites (N-methyl/N-ethyl adjacent to an activating group) is 1. The van der Waals surface area contributed by atoms with E-state index in [0.717, 1.165) is 12.0 Å². The van der Waals surface area contributed by atoms with Crippen molar-refractivity contribution in [2.45, 2.75) is 39.5 Å². The Hall–Kier alpha value is -2.82. The number of nitrogens with zero attached hydrogens (tertiary/aromatic N) is 1. The van der Waals surface area contributed by atoms with Crippen molar-refractivity contribution in [3.63, 3.8) is 0 Å². The Bertz CT molecular complexity index is 843. The van der Waals surface area contributed by atoms with Crippen molar-refractivity contribution in [2.24, 2.45) is 5.92 Å². The van der Waals surface area contributed by atoms with Gasteiger partial charge in [0.2, 0.25) is 5.91 Å². The van der Waals surface area contributed by atoms with E-state index >= 15 is 0 Å². The van der Waals surface area contributed by atoms with Crippen LogP contribution in [0.5, 0.6) is 11.5 Å². The van der Waals surface area contributed by atoms with Crippen molar-refractivity contribution in [2.75, 3.05) is 27.8 Å². The third kappa shape index (κ3) is 6.90. The molecule has 0 atom stereocenters. The lowest BCUT2D eigenvalue weighted by Gasteiger charge is -2.17. The number of ketones is 1. The van der Waals surface area contributed by atoms with Crippen molar-refractivity contribution < 1.29 is 19.1 Å². The van der Waals surface area contributed by atoms with Crippen LogP contribution in [0.25, 0.3) is 0 Å². The molecule has 0 radical (unpaired) electrons. The summed E-state index contributed by atoms with van der Waals surface area (Å²) in [4.78, 5) is 26.5.